The lowest BCUT2D eigenvalue weighted by Gasteiger charge is -2.41. The summed E-state index contributed by atoms with van der Waals surface area (Å²) < 4.78 is 69.0. The predicted molar refractivity (Wildman–Crippen MR) is 225 cm³/mol. The molecule has 0 spiro atoms. The standard InChI is InChI=1S/C25H38F2O2.C25H36F2O/c1-3-5-17-29-22-12-11-21(23(26)24(22)27)25(28)15-13-20(14-16-25)19-9-7-18(6-4-2)8-10-19;1-3-5-17-28-23-16-15-22(24(26)25(23)27)21-13-11-20(12-14-21)19-9-7-18(6-4-2)8-10-19/h11-12,18-20,28H,3-10,13-17H2,1-2H3;13,15-16,18-20H,3-12,14,17H2,1-2H3/t;18?,19?,20-/m.0/s1. The van der Waals surface area contributed by atoms with Crippen molar-refractivity contribution in [3.05, 3.63) is 64.7 Å². The predicted octanol–water partition coefficient (Wildman–Crippen LogP) is 15.1. The Labute approximate surface area is 342 Å². The molecule has 3 saturated carbocycles. The Balaban J connectivity index is 0.000000218. The molecule has 2 aromatic rings. The van der Waals surface area contributed by atoms with Crippen LogP contribution in [-0.4, -0.2) is 18.3 Å². The normalized spacial score (nSPS) is 27.9. The van der Waals surface area contributed by atoms with Crippen LogP contribution in [0, 0.1) is 58.8 Å². The van der Waals surface area contributed by atoms with Crippen LogP contribution in [0.15, 0.2) is 30.3 Å². The number of benzene rings is 2. The molecule has 0 saturated heterocycles. The molecule has 3 fully saturated rings. The fourth-order valence-corrected chi connectivity index (χ4v) is 10.6. The van der Waals surface area contributed by atoms with Gasteiger partial charge in [-0.3, -0.25) is 0 Å². The third-order valence-corrected chi connectivity index (χ3v) is 14.3. The van der Waals surface area contributed by atoms with Crippen LogP contribution < -0.4 is 9.47 Å². The topological polar surface area (TPSA) is 38.7 Å². The third kappa shape index (κ3) is 12.3. The Morgan fingerprint density at radius 1 is 0.561 bits per heavy atom. The summed E-state index contributed by atoms with van der Waals surface area (Å²) >= 11 is 0. The molecule has 0 amide bonds. The maximum atomic E-state index is 14.8. The first kappa shape index (κ1) is 45.5. The number of halogens is 4. The van der Waals surface area contributed by atoms with Crippen LogP contribution in [0.1, 0.15) is 187 Å². The average molecular weight is 799 g/mol. The van der Waals surface area contributed by atoms with Gasteiger partial charge in [-0.1, -0.05) is 98.0 Å². The number of allylic oxidation sites excluding steroid dienone is 2. The van der Waals surface area contributed by atoms with Gasteiger partial charge in [-0.05, 0) is 149 Å². The zero-order valence-corrected chi connectivity index (χ0v) is 35.8. The van der Waals surface area contributed by atoms with E-state index < -0.39 is 28.9 Å². The summed E-state index contributed by atoms with van der Waals surface area (Å²) in [6, 6.07) is 6.28. The number of hydrogen-bond donors (Lipinski definition) is 1. The van der Waals surface area contributed by atoms with E-state index in [1.165, 1.54) is 89.2 Å². The van der Waals surface area contributed by atoms with Crippen LogP contribution in [0.25, 0.3) is 5.57 Å². The molecule has 1 atom stereocenters. The second-order valence-electron chi connectivity index (χ2n) is 18.2. The lowest BCUT2D eigenvalue weighted by atomic mass is 9.66. The molecular weight excluding hydrogens is 725 g/mol. The number of ether oxygens (including phenoxy) is 2. The Morgan fingerprint density at radius 2 is 1.05 bits per heavy atom. The number of hydrogen-bond acceptors (Lipinski definition) is 3. The molecule has 4 aliphatic rings. The van der Waals surface area contributed by atoms with Crippen molar-refractivity contribution in [3.63, 3.8) is 0 Å². The maximum Gasteiger partial charge on any atom is 0.201 e. The Morgan fingerprint density at radius 3 is 1.54 bits per heavy atom. The Hall–Kier alpha value is -2.54. The summed E-state index contributed by atoms with van der Waals surface area (Å²) in [7, 11) is 0. The summed E-state index contributed by atoms with van der Waals surface area (Å²) in [6.45, 7) is 9.41. The van der Waals surface area contributed by atoms with Crippen LogP contribution in [0.5, 0.6) is 11.5 Å². The van der Waals surface area contributed by atoms with Gasteiger partial charge in [-0.2, -0.15) is 8.78 Å². The van der Waals surface area contributed by atoms with Crippen LogP contribution in [0.2, 0.25) is 0 Å². The van der Waals surface area contributed by atoms with Gasteiger partial charge in [0.05, 0.1) is 18.8 Å². The highest BCUT2D eigenvalue weighted by Crippen LogP contribution is 2.48. The summed E-state index contributed by atoms with van der Waals surface area (Å²) in [6.07, 6.45) is 27.5. The second-order valence-corrected chi connectivity index (χ2v) is 18.2. The highest BCUT2D eigenvalue weighted by molar-refractivity contribution is 5.67. The Kier molecular flexibility index (Phi) is 18.2. The van der Waals surface area contributed by atoms with Crippen LogP contribution >= 0.6 is 0 Å². The summed E-state index contributed by atoms with van der Waals surface area (Å²) in [5.41, 5.74) is 0.226. The van der Waals surface area contributed by atoms with E-state index in [9.17, 15) is 22.7 Å². The molecule has 0 radical (unpaired) electrons. The van der Waals surface area contributed by atoms with Gasteiger partial charge in [0.15, 0.2) is 23.1 Å². The van der Waals surface area contributed by atoms with E-state index in [1.54, 1.807) is 12.1 Å². The van der Waals surface area contributed by atoms with Gasteiger partial charge < -0.3 is 14.6 Å². The highest BCUT2D eigenvalue weighted by atomic mass is 19.2. The summed E-state index contributed by atoms with van der Waals surface area (Å²) in [4.78, 5) is 0. The minimum absolute atomic E-state index is 0.0350. The lowest BCUT2D eigenvalue weighted by molar-refractivity contribution is -0.0291. The van der Waals surface area contributed by atoms with E-state index in [0.29, 0.717) is 37.5 Å². The van der Waals surface area contributed by atoms with Crippen molar-refractivity contribution in [2.24, 2.45) is 35.5 Å². The first-order valence-electron chi connectivity index (χ1n) is 23.3. The van der Waals surface area contributed by atoms with Gasteiger partial charge in [0.1, 0.15) is 0 Å². The second kappa shape index (κ2) is 22.7. The van der Waals surface area contributed by atoms with Crippen molar-refractivity contribution < 1.29 is 32.1 Å². The lowest BCUT2D eigenvalue weighted by Crippen LogP contribution is -2.35. The van der Waals surface area contributed by atoms with E-state index in [4.69, 9.17) is 9.47 Å². The smallest absolute Gasteiger partial charge is 0.201 e. The molecule has 0 aliphatic heterocycles. The summed E-state index contributed by atoms with van der Waals surface area (Å²) in [5.74, 6) is 1.20. The molecule has 2 aromatic carbocycles. The average Bonchev–Trinajstić information content (AvgIpc) is 3.23. The number of rotatable bonds is 16. The van der Waals surface area contributed by atoms with Crippen molar-refractivity contribution in [1.82, 2.24) is 0 Å². The first-order chi connectivity index (χ1) is 27.6. The molecule has 4 aliphatic carbocycles. The van der Waals surface area contributed by atoms with E-state index in [-0.39, 0.29) is 17.1 Å². The molecule has 3 nitrogen and oxygen atoms in total. The van der Waals surface area contributed by atoms with E-state index in [2.05, 4.69) is 19.9 Å². The van der Waals surface area contributed by atoms with Gasteiger partial charge in [0, 0.05) is 11.1 Å². The molecule has 0 aromatic heterocycles. The molecule has 320 valence electrons. The van der Waals surface area contributed by atoms with E-state index >= 15 is 0 Å². The van der Waals surface area contributed by atoms with Gasteiger partial charge in [0.25, 0.3) is 0 Å². The number of unbranched alkanes of at least 4 members (excludes halogenated alkanes) is 2. The molecule has 1 N–H and O–H groups in total. The molecule has 57 heavy (non-hydrogen) atoms. The monoisotopic (exact) mass is 799 g/mol. The van der Waals surface area contributed by atoms with Crippen LogP contribution in [0.4, 0.5) is 17.6 Å². The fourth-order valence-electron chi connectivity index (χ4n) is 10.6. The SMILES string of the molecule is CCCCOc1ccc(C2(O)CCC(C3CCC(CCC)CC3)CC2)c(F)c1F.CCCCOc1ccc(C2=CC[C@H](C3CCC(CCC)CC3)CC2)c(F)c1F. The minimum atomic E-state index is -1.26. The zero-order chi connectivity index (χ0) is 40.8. The van der Waals surface area contributed by atoms with Crippen LogP contribution in [0.3, 0.4) is 0 Å². The maximum absolute atomic E-state index is 14.8. The van der Waals surface area contributed by atoms with Crippen molar-refractivity contribution >= 4 is 5.57 Å². The molecule has 0 unspecified atom stereocenters. The van der Waals surface area contributed by atoms with Crippen molar-refractivity contribution in [1.29, 1.82) is 0 Å². The largest absolute Gasteiger partial charge is 0.490 e. The first-order valence-corrected chi connectivity index (χ1v) is 23.3. The highest BCUT2D eigenvalue weighted by Gasteiger charge is 2.40. The quantitative estimate of drug-likeness (QED) is 0.136. The molecule has 7 heteroatoms. The zero-order valence-electron chi connectivity index (χ0n) is 35.8. The van der Waals surface area contributed by atoms with Gasteiger partial charge in [0.2, 0.25) is 11.6 Å². The van der Waals surface area contributed by atoms with E-state index in [0.717, 1.165) is 93.0 Å². The van der Waals surface area contributed by atoms with E-state index in [1.807, 2.05) is 13.8 Å². The molecule has 0 heterocycles. The number of aliphatic hydroxyl groups is 1. The Bertz CT molecular complexity index is 1530. The molecular formula is C50H74F4O3. The molecule has 6 rings (SSSR count). The fraction of sp³-hybridized carbons (Fsp3) is 0.720. The van der Waals surface area contributed by atoms with Gasteiger partial charge in [-0.15, -0.1) is 0 Å². The van der Waals surface area contributed by atoms with Crippen molar-refractivity contribution in [3.8, 4) is 11.5 Å². The van der Waals surface area contributed by atoms with Crippen molar-refractivity contribution in [2.75, 3.05) is 13.2 Å². The van der Waals surface area contributed by atoms with Gasteiger partial charge >= 0.3 is 0 Å². The van der Waals surface area contributed by atoms with Crippen LogP contribution in [-0.2, 0) is 5.60 Å². The molecule has 0 bridgehead atoms. The minimum Gasteiger partial charge on any atom is -0.490 e. The third-order valence-electron chi connectivity index (χ3n) is 14.3. The summed E-state index contributed by atoms with van der Waals surface area (Å²) in [5, 5.41) is 11.1. The van der Waals surface area contributed by atoms with Gasteiger partial charge in [-0.25, -0.2) is 8.78 Å². The van der Waals surface area contributed by atoms with Crippen molar-refractivity contribution in [2.45, 2.75) is 181 Å².